The number of pyridine rings is 1. The van der Waals surface area contributed by atoms with Gasteiger partial charge in [-0.15, -0.1) is 0 Å². The van der Waals surface area contributed by atoms with Crippen molar-refractivity contribution in [3.63, 3.8) is 0 Å². The first-order chi connectivity index (χ1) is 7.66. The lowest BCUT2D eigenvalue weighted by Gasteiger charge is -2.04. The molecule has 2 aromatic heterocycles. The molecule has 0 radical (unpaired) electrons. The summed E-state index contributed by atoms with van der Waals surface area (Å²) in [5.41, 5.74) is 1.39. The van der Waals surface area contributed by atoms with Crippen molar-refractivity contribution in [3.05, 3.63) is 36.2 Å². The molecule has 16 heavy (non-hydrogen) atoms. The second kappa shape index (κ2) is 4.35. The van der Waals surface area contributed by atoms with Gasteiger partial charge in [0.25, 0.3) is 5.91 Å². The second-order valence-corrected chi connectivity index (χ2v) is 4.20. The molecule has 84 valence electrons. The van der Waals surface area contributed by atoms with Crippen LogP contribution in [0.1, 0.15) is 24.3 Å². The van der Waals surface area contributed by atoms with Gasteiger partial charge in [-0.05, 0) is 24.1 Å². The molecular weight excluding hydrogens is 202 g/mol. The largest absolute Gasteiger partial charge is 0.350 e. The molecule has 0 saturated heterocycles. The lowest BCUT2D eigenvalue weighted by atomic mass is 10.2. The van der Waals surface area contributed by atoms with Gasteiger partial charge >= 0.3 is 0 Å². The molecular formula is C12H15N3O. The first kappa shape index (κ1) is 10.7. The number of carbonyl (C=O) groups excluding carboxylic acids is 1. The molecule has 0 saturated carbocycles. The van der Waals surface area contributed by atoms with E-state index in [1.54, 1.807) is 10.6 Å². The van der Waals surface area contributed by atoms with Crippen LogP contribution in [0.5, 0.6) is 0 Å². The Morgan fingerprint density at radius 3 is 3.00 bits per heavy atom. The van der Waals surface area contributed by atoms with Crippen LogP contribution in [0.25, 0.3) is 5.52 Å². The molecule has 0 unspecified atom stereocenters. The Kier molecular flexibility index (Phi) is 2.90. The van der Waals surface area contributed by atoms with Crippen molar-refractivity contribution >= 4 is 11.4 Å². The molecule has 2 rings (SSSR count). The average molecular weight is 217 g/mol. The van der Waals surface area contributed by atoms with E-state index < -0.39 is 0 Å². The average Bonchev–Trinajstić information content (AvgIpc) is 2.69. The van der Waals surface area contributed by atoms with Gasteiger partial charge in [0.2, 0.25) is 0 Å². The Balaban J connectivity index is 2.17. The van der Waals surface area contributed by atoms with E-state index in [1.807, 2.05) is 24.4 Å². The van der Waals surface area contributed by atoms with Crippen LogP contribution in [-0.2, 0) is 0 Å². The van der Waals surface area contributed by atoms with E-state index in [2.05, 4.69) is 24.3 Å². The zero-order valence-electron chi connectivity index (χ0n) is 9.47. The van der Waals surface area contributed by atoms with Crippen LogP contribution >= 0.6 is 0 Å². The number of aromatic nitrogens is 2. The molecule has 1 amide bonds. The smallest absolute Gasteiger partial charge is 0.271 e. The number of hydrogen-bond donors (Lipinski definition) is 1. The van der Waals surface area contributed by atoms with Crippen LogP contribution in [0, 0.1) is 5.92 Å². The molecule has 0 aliphatic carbocycles. The maximum absolute atomic E-state index is 11.7. The number of amides is 1. The second-order valence-electron chi connectivity index (χ2n) is 4.20. The molecule has 1 N–H and O–H groups in total. The fourth-order valence-corrected chi connectivity index (χ4v) is 1.44. The quantitative estimate of drug-likeness (QED) is 0.850. The van der Waals surface area contributed by atoms with Crippen molar-refractivity contribution in [2.24, 2.45) is 5.92 Å². The standard InChI is InChI=1S/C12H15N3O/c1-9(2)8-13-12(16)11-7-10-5-3-4-6-15(10)14-11/h3-7,9H,8H2,1-2H3,(H,13,16). The number of rotatable bonds is 3. The molecule has 4 nitrogen and oxygen atoms in total. The molecule has 4 heteroatoms. The van der Waals surface area contributed by atoms with Crippen molar-refractivity contribution in [2.45, 2.75) is 13.8 Å². The number of hydrogen-bond acceptors (Lipinski definition) is 2. The highest BCUT2D eigenvalue weighted by molar-refractivity contribution is 5.93. The summed E-state index contributed by atoms with van der Waals surface area (Å²) >= 11 is 0. The summed E-state index contributed by atoms with van der Waals surface area (Å²) in [7, 11) is 0. The van der Waals surface area contributed by atoms with E-state index in [1.165, 1.54) is 0 Å². The maximum atomic E-state index is 11.7. The van der Waals surface area contributed by atoms with Gasteiger partial charge in [0.1, 0.15) is 0 Å². The van der Waals surface area contributed by atoms with E-state index in [9.17, 15) is 4.79 Å². The predicted octanol–water partition coefficient (Wildman–Crippen LogP) is 1.72. The fourth-order valence-electron chi connectivity index (χ4n) is 1.44. The molecule has 0 fully saturated rings. The van der Waals surface area contributed by atoms with Gasteiger partial charge in [-0.2, -0.15) is 5.10 Å². The Morgan fingerprint density at radius 1 is 1.50 bits per heavy atom. The lowest BCUT2D eigenvalue weighted by molar-refractivity contribution is 0.0943. The van der Waals surface area contributed by atoms with Gasteiger partial charge in [0.05, 0.1) is 5.52 Å². The Bertz CT molecular complexity index is 469. The van der Waals surface area contributed by atoms with Crippen molar-refractivity contribution in [1.29, 1.82) is 0 Å². The number of carbonyl (C=O) groups is 1. The Labute approximate surface area is 94.3 Å². The summed E-state index contributed by atoms with van der Waals surface area (Å²) in [6, 6.07) is 7.52. The van der Waals surface area contributed by atoms with Crippen molar-refractivity contribution < 1.29 is 4.79 Å². The molecule has 0 bridgehead atoms. The summed E-state index contributed by atoms with van der Waals surface area (Å²) in [6.45, 7) is 4.79. The van der Waals surface area contributed by atoms with Gasteiger partial charge in [-0.25, -0.2) is 4.52 Å². The van der Waals surface area contributed by atoms with Crippen molar-refractivity contribution in [1.82, 2.24) is 14.9 Å². The van der Waals surface area contributed by atoms with E-state index >= 15 is 0 Å². The van der Waals surface area contributed by atoms with Gasteiger partial charge in [0.15, 0.2) is 5.69 Å². The molecule has 0 aromatic carbocycles. The Hall–Kier alpha value is -1.84. The summed E-state index contributed by atoms with van der Waals surface area (Å²) in [5.74, 6) is 0.332. The molecule has 0 atom stereocenters. The summed E-state index contributed by atoms with van der Waals surface area (Å²) in [5, 5.41) is 7.04. The van der Waals surface area contributed by atoms with Crippen LogP contribution in [-0.4, -0.2) is 22.1 Å². The SMILES string of the molecule is CC(C)CNC(=O)c1cc2ccccn2n1. The van der Waals surface area contributed by atoms with E-state index in [0.717, 1.165) is 5.52 Å². The van der Waals surface area contributed by atoms with Crippen LogP contribution in [0.4, 0.5) is 0 Å². The first-order valence-corrected chi connectivity index (χ1v) is 5.39. The fraction of sp³-hybridized carbons (Fsp3) is 0.333. The van der Waals surface area contributed by atoms with Crippen LogP contribution in [0.2, 0.25) is 0 Å². The third kappa shape index (κ3) is 2.21. The van der Waals surface area contributed by atoms with Gasteiger partial charge in [-0.1, -0.05) is 19.9 Å². The molecule has 0 spiro atoms. The van der Waals surface area contributed by atoms with Crippen LogP contribution in [0.15, 0.2) is 30.5 Å². The predicted molar refractivity (Wildman–Crippen MR) is 62.4 cm³/mol. The maximum Gasteiger partial charge on any atom is 0.271 e. The highest BCUT2D eigenvalue weighted by atomic mass is 16.1. The zero-order valence-corrected chi connectivity index (χ0v) is 9.47. The van der Waals surface area contributed by atoms with E-state index in [0.29, 0.717) is 18.2 Å². The van der Waals surface area contributed by atoms with Gasteiger partial charge in [0, 0.05) is 12.7 Å². The molecule has 2 heterocycles. The topological polar surface area (TPSA) is 46.4 Å². The molecule has 2 aromatic rings. The highest BCUT2D eigenvalue weighted by Crippen LogP contribution is 2.05. The minimum absolute atomic E-state index is 0.114. The summed E-state index contributed by atoms with van der Waals surface area (Å²) in [6.07, 6.45) is 1.83. The zero-order chi connectivity index (χ0) is 11.5. The first-order valence-electron chi connectivity index (χ1n) is 5.39. The summed E-state index contributed by atoms with van der Waals surface area (Å²) in [4.78, 5) is 11.7. The van der Waals surface area contributed by atoms with Crippen LogP contribution in [0.3, 0.4) is 0 Å². The van der Waals surface area contributed by atoms with Crippen molar-refractivity contribution in [3.8, 4) is 0 Å². The lowest BCUT2D eigenvalue weighted by Crippen LogP contribution is -2.27. The monoisotopic (exact) mass is 217 g/mol. The third-order valence-corrected chi connectivity index (χ3v) is 2.27. The number of nitrogens with one attached hydrogen (secondary N) is 1. The van der Waals surface area contributed by atoms with Gasteiger partial charge < -0.3 is 5.32 Å². The molecule has 0 aliphatic heterocycles. The Morgan fingerprint density at radius 2 is 2.31 bits per heavy atom. The minimum atomic E-state index is -0.114. The third-order valence-electron chi connectivity index (χ3n) is 2.27. The van der Waals surface area contributed by atoms with Crippen LogP contribution < -0.4 is 5.32 Å². The van der Waals surface area contributed by atoms with E-state index in [-0.39, 0.29) is 5.91 Å². The number of nitrogens with zero attached hydrogens (tertiary/aromatic N) is 2. The van der Waals surface area contributed by atoms with E-state index in [4.69, 9.17) is 0 Å². The molecule has 0 aliphatic rings. The minimum Gasteiger partial charge on any atom is -0.350 e. The summed E-state index contributed by atoms with van der Waals surface area (Å²) < 4.78 is 1.70. The highest BCUT2D eigenvalue weighted by Gasteiger charge is 2.10. The number of fused-ring (bicyclic) bond motifs is 1. The van der Waals surface area contributed by atoms with Crippen molar-refractivity contribution in [2.75, 3.05) is 6.54 Å². The van der Waals surface area contributed by atoms with Gasteiger partial charge in [-0.3, -0.25) is 4.79 Å². The normalized spacial score (nSPS) is 10.9.